The number of nitrogens with zero attached hydrogens (tertiary/aromatic N) is 1. The Kier molecular flexibility index (Phi) is 6.72. The fourth-order valence-electron chi connectivity index (χ4n) is 1.71. The Morgan fingerprint density at radius 3 is 2.44 bits per heavy atom. The second-order valence-corrected chi connectivity index (χ2v) is 4.27. The topological polar surface area (TPSA) is 41.9 Å². The molecule has 1 aromatic carbocycles. The minimum absolute atomic E-state index is 0.0811. The first-order valence-electron chi connectivity index (χ1n) is 6.21. The average molecular weight is 253 g/mol. The first-order chi connectivity index (χ1) is 8.69. The lowest BCUT2D eigenvalue weighted by Gasteiger charge is -2.25. The minimum atomic E-state index is 0.0811. The molecule has 18 heavy (non-hydrogen) atoms. The zero-order chi connectivity index (χ0) is 13.4. The maximum Gasteiger partial charge on any atom is 0.118 e. The highest BCUT2D eigenvalue weighted by Crippen LogP contribution is 2.21. The molecule has 0 aromatic heterocycles. The molecule has 0 heterocycles. The lowest BCUT2D eigenvalue weighted by Crippen LogP contribution is -2.26. The van der Waals surface area contributed by atoms with E-state index in [0.717, 1.165) is 12.3 Å². The fourth-order valence-corrected chi connectivity index (χ4v) is 1.71. The van der Waals surface area contributed by atoms with E-state index in [0.29, 0.717) is 19.3 Å². The number of hydrogen-bond acceptors (Lipinski definition) is 4. The molecule has 0 spiro atoms. The summed E-state index contributed by atoms with van der Waals surface area (Å²) in [5, 5.41) is 8.62. The Bertz CT molecular complexity index is 326. The zero-order valence-electron chi connectivity index (χ0n) is 11.4. The van der Waals surface area contributed by atoms with Gasteiger partial charge < -0.3 is 14.6 Å². The van der Waals surface area contributed by atoms with Gasteiger partial charge in [0.15, 0.2) is 0 Å². The van der Waals surface area contributed by atoms with Gasteiger partial charge in [-0.3, -0.25) is 4.90 Å². The van der Waals surface area contributed by atoms with Crippen molar-refractivity contribution in [2.24, 2.45) is 0 Å². The van der Waals surface area contributed by atoms with E-state index in [2.05, 4.69) is 31.0 Å². The molecule has 0 saturated heterocycles. The predicted octanol–water partition coefficient (Wildman–Crippen LogP) is 1.70. The zero-order valence-corrected chi connectivity index (χ0v) is 11.4. The van der Waals surface area contributed by atoms with Crippen LogP contribution in [0.3, 0.4) is 0 Å². The van der Waals surface area contributed by atoms with Crippen molar-refractivity contribution in [3.05, 3.63) is 29.8 Å². The molecule has 0 aliphatic carbocycles. The molecule has 0 fully saturated rings. The predicted molar refractivity (Wildman–Crippen MR) is 71.9 cm³/mol. The summed E-state index contributed by atoms with van der Waals surface area (Å²) in [7, 11) is 3.74. The molecule has 0 saturated carbocycles. The number of benzene rings is 1. The van der Waals surface area contributed by atoms with Crippen molar-refractivity contribution >= 4 is 0 Å². The summed E-state index contributed by atoms with van der Waals surface area (Å²) in [6.45, 7) is 4.13. The Balaban J connectivity index is 2.43. The van der Waals surface area contributed by atoms with Crippen LogP contribution in [0.15, 0.2) is 24.3 Å². The van der Waals surface area contributed by atoms with E-state index in [-0.39, 0.29) is 6.61 Å². The standard InChI is InChI=1S/C14H23NO3/c1-12(15(2)8-10-18-11-9-16)13-4-6-14(17-3)7-5-13/h4-7,12,16H,8-11H2,1-3H3. The van der Waals surface area contributed by atoms with Crippen molar-refractivity contribution < 1.29 is 14.6 Å². The minimum Gasteiger partial charge on any atom is -0.497 e. The van der Waals surface area contributed by atoms with Crippen LogP contribution in [0.4, 0.5) is 0 Å². The van der Waals surface area contributed by atoms with Gasteiger partial charge in [-0.15, -0.1) is 0 Å². The van der Waals surface area contributed by atoms with Gasteiger partial charge >= 0.3 is 0 Å². The van der Waals surface area contributed by atoms with E-state index in [1.54, 1.807) is 7.11 Å². The molecule has 1 atom stereocenters. The molecule has 102 valence electrons. The maximum absolute atomic E-state index is 8.62. The van der Waals surface area contributed by atoms with Gasteiger partial charge in [0.2, 0.25) is 0 Å². The van der Waals surface area contributed by atoms with Crippen LogP contribution in [0.2, 0.25) is 0 Å². The molecule has 0 amide bonds. The van der Waals surface area contributed by atoms with Gasteiger partial charge in [0.05, 0.1) is 26.9 Å². The van der Waals surface area contributed by atoms with E-state index in [1.165, 1.54) is 5.56 Å². The monoisotopic (exact) mass is 253 g/mol. The highest BCUT2D eigenvalue weighted by atomic mass is 16.5. The van der Waals surface area contributed by atoms with Crippen LogP contribution in [0, 0.1) is 0 Å². The smallest absolute Gasteiger partial charge is 0.118 e. The summed E-state index contributed by atoms with van der Waals surface area (Å²) in [5.41, 5.74) is 1.25. The molecule has 0 radical (unpaired) electrons. The van der Waals surface area contributed by atoms with Crippen LogP contribution in [0.1, 0.15) is 18.5 Å². The van der Waals surface area contributed by atoms with Crippen LogP contribution in [0.5, 0.6) is 5.75 Å². The average Bonchev–Trinajstić information content (AvgIpc) is 2.42. The first-order valence-corrected chi connectivity index (χ1v) is 6.21. The molecule has 0 bridgehead atoms. The molecule has 4 heteroatoms. The molecule has 0 aliphatic rings. The van der Waals surface area contributed by atoms with Gasteiger partial charge in [0, 0.05) is 12.6 Å². The first kappa shape index (κ1) is 15.0. The van der Waals surface area contributed by atoms with Crippen molar-refractivity contribution in [3.63, 3.8) is 0 Å². The number of rotatable bonds is 8. The SMILES string of the molecule is COc1ccc(C(C)N(C)CCOCCO)cc1. The molecular weight excluding hydrogens is 230 g/mol. The molecular formula is C14H23NO3. The third kappa shape index (κ3) is 4.64. The van der Waals surface area contributed by atoms with Gasteiger partial charge in [-0.25, -0.2) is 0 Å². The Morgan fingerprint density at radius 1 is 1.22 bits per heavy atom. The lowest BCUT2D eigenvalue weighted by atomic mass is 10.1. The van der Waals surface area contributed by atoms with E-state index in [1.807, 2.05) is 12.1 Å². The second-order valence-electron chi connectivity index (χ2n) is 4.27. The molecule has 1 rings (SSSR count). The van der Waals surface area contributed by atoms with Crippen molar-refractivity contribution in [3.8, 4) is 5.75 Å². The number of aliphatic hydroxyl groups excluding tert-OH is 1. The van der Waals surface area contributed by atoms with Crippen molar-refractivity contribution in [1.82, 2.24) is 4.90 Å². The number of ether oxygens (including phenoxy) is 2. The van der Waals surface area contributed by atoms with Crippen molar-refractivity contribution in [1.29, 1.82) is 0 Å². The largest absolute Gasteiger partial charge is 0.497 e. The summed E-state index contributed by atoms with van der Waals surface area (Å²) in [6.07, 6.45) is 0. The third-order valence-electron chi connectivity index (χ3n) is 3.08. The Hall–Kier alpha value is -1.10. The van der Waals surface area contributed by atoms with Crippen LogP contribution in [-0.4, -0.2) is 50.5 Å². The normalized spacial score (nSPS) is 12.7. The maximum atomic E-state index is 8.62. The van der Waals surface area contributed by atoms with Crippen LogP contribution in [0.25, 0.3) is 0 Å². The van der Waals surface area contributed by atoms with Crippen molar-refractivity contribution in [2.45, 2.75) is 13.0 Å². The lowest BCUT2D eigenvalue weighted by molar-refractivity contribution is 0.0719. The molecule has 0 aliphatic heterocycles. The van der Waals surface area contributed by atoms with E-state index in [4.69, 9.17) is 14.6 Å². The molecule has 1 unspecified atom stereocenters. The van der Waals surface area contributed by atoms with Crippen LogP contribution < -0.4 is 4.74 Å². The van der Waals surface area contributed by atoms with Gasteiger partial charge in [0.25, 0.3) is 0 Å². The van der Waals surface area contributed by atoms with E-state index in [9.17, 15) is 0 Å². The summed E-state index contributed by atoms with van der Waals surface area (Å²) in [4.78, 5) is 2.22. The molecule has 1 N–H and O–H groups in total. The molecule has 1 aromatic rings. The highest BCUT2D eigenvalue weighted by Gasteiger charge is 2.11. The number of hydrogen-bond donors (Lipinski definition) is 1. The number of likely N-dealkylation sites (N-methyl/N-ethyl adjacent to an activating group) is 1. The van der Waals surface area contributed by atoms with Crippen LogP contribution in [-0.2, 0) is 4.74 Å². The summed E-state index contributed by atoms with van der Waals surface area (Å²) in [6, 6.07) is 8.43. The van der Waals surface area contributed by atoms with E-state index >= 15 is 0 Å². The van der Waals surface area contributed by atoms with E-state index < -0.39 is 0 Å². The third-order valence-corrected chi connectivity index (χ3v) is 3.08. The number of aliphatic hydroxyl groups is 1. The second kappa shape index (κ2) is 8.08. The molecule has 4 nitrogen and oxygen atoms in total. The summed E-state index contributed by atoms with van der Waals surface area (Å²) in [5.74, 6) is 0.875. The summed E-state index contributed by atoms with van der Waals surface area (Å²) < 4.78 is 10.4. The van der Waals surface area contributed by atoms with Crippen molar-refractivity contribution in [2.75, 3.05) is 40.5 Å². The van der Waals surface area contributed by atoms with Crippen LogP contribution >= 0.6 is 0 Å². The van der Waals surface area contributed by atoms with Gasteiger partial charge in [-0.1, -0.05) is 12.1 Å². The van der Waals surface area contributed by atoms with Gasteiger partial charge in [-0.2, -0.15) is 0 Å². The fraction of sp³-hybridized carbons (Fsp3) is 0.571. The van der Waals surface area contributed by atoms with Gasteiger partial charge in [-0.05, 0) is 31.7 Å². The Morgan fingerprint density at radius 2 is 1.89 bits per heavy atom. The summed E-state index contributed by atoms with van der Waals surface area (Å²) >= 11 is 0. The number of methoxy groups -OCH3 is 1. The highest BCUT2D eigenvalue weighted by molar-refractivity contribution is 5.28. The van der Waals surface area contributed by atoms with Gasteiger partial charge in [0.1, 0.15) is 5.75 Å². The quantitative estimate of drug-likeness (QED) is 0.716. The Labute approximate surface area is 109 Å².